The lowest BCUT2D eigenvalue weighted by atomic mass is 10.0. The number of nitrogens with one attached hydrogen (secondary N) is 1. The van der Waals surface area contributed by atoms with Gasteiger partial charge in [0, 0.05) is 16.9 Å². The molecule has 0 aliphatic heterocycles. The minimum absolute atomic E-state index is 0.243. The molecule has 0 aliphatic carbocycles. The summed E-state index contributed by atoms with van der Waals surface area (Å²) < 4.78 is 19.9. The number of halogens is 1. The van der Waals surface area contributed by atoms with Gasteiger partial charge in [-0.2, -0.15) is 0 Å². The van der Waals surface area contributed by atoms with Gasteiger partial charge in [-0.1, -0.05) is 25.1 Å². The third kappa shape index (κ3) is 3.18. The highest BCUT2D eigenvalue weighted by molar-refractivity contribution is 5.69. The maximum atomic E-state index is 14.4. The van der Waals surface area contributed by atoms with Gasteiger partial charge in [-0.3, -0.25) is 0 Å². The van der Waals surface area contributed by atoms with E-state index in [2.05, 4.69) is 5.32 Å². The van der Waals surface area contributed by atoms with E-state index in [4.69, 9.17) is 4.74 Å². The van der Waals surface area contributed by atoms with Crippen LogP contribution < -0.4 is 10.1 Å². The molecular weight excluding hydrogens is 265 g/mol. The Labute approximate surface area is 126 Å². The average molecular weight is 287 g/mol. The van der Waals surface area contributed by atoms with E-state index in [1.54, 1.807) is 0 Å². The lowest BCUT2D eigenvalue weighted by Crippen LogP contribution is -2.04. The standard InChI is InChI=1S/C18H22FNO/c1-5-14-11-16(13(4)18(17(14)19)21-6-2)20-15-10-8-7-9-12(15)3/h7-11,20H,5-6H2,1-4H3. The first kappa shape index (κ1) is 15.4. The normalized spacial score (nSPS) is 10.5. The molecule has 0 amide bonds. The Morgan fingerprint density at radius 2 is 1.81 bits per heavy atom. The van der Waals surface area contributed by atoms with Gasteiger partial charge in [-0.15, -0.1) is 0 Å². The zero-order valence-corrected chi connectivity index (χ0v) is 13.1. The molecule has 0 bridgehead atoms. The summed E-state index contributed by atoms with van der Waals surface area (Å²) in [6.45, 7) is 8.20. The monoisotopic (exact) mass is 287 g/mol. The van der Waals surface area contributed by atoms with Gasteiger partial charge in [0.05, 0.1) is 6.61 Å². The average Bonchev–Trinajstić information content (AvgIpc) is 2.48. The van der Waals surface area contributed by atoms with Crippen LogP contribution in [0.1, 0.15) is 30.5 Å². The van der Waals surface area contributed by atoms with E-state index >= 15 is 0 Å². The van der Waals surface area contributed by atoms with Crippen molar-refractivity contribution in [2.75, 3.05) is 11.9 Å². The second-order valence-electron chi connectivity index (χ2n) is 5.08. The molecule has 0 unspecified atom stereocenters. The Kier molecular flexibility index (Phi) is 4.84. The maximum Gasteiger partial charge on any atom is 0.168 e. The Morgan fingerprint density at radius 1 is 1.10 bits per heavy atom. The van der Waals surface area contributed by atoms with Crippen LogP contribution in [0.5, 0.6) is 5.75 Å². The Bertz CT molecular complexity index is 637. The highest BCUT2D eigenvalue weighted by atomic mass is 19.1. The number of aryl methyl sites for hydroxylation is 2. The number of para-hydroxylation sites is 1. The van der Waals surface area contributed by atoms with Crippen molar-refractivity contribution < 1.29 is 9.13 Å². The molecule has 1 N–H and O–H groups in total. The van der Waals surface area contributed by atoms with Crippen molar-refractivity contribution in [3.8, 4) is 5.75 Å². The van der Waals surface area contributed by atoms with Crippen molar-refractivity contribution >= 4 is 11.4 Å². The van der Waals surface area contributed by atoms with Crippen LogP contribution in [0, 0.1) is 19.7 Å². The zero-order chi connectivity index (χ0) is 15.4. The second kappa shape index (κ2) is 6.61. The molecule has 2 nitrogen and oxygen atoms in total. The molecular formula is C18H22FNO. The van der Waals surface area contributed by atoms with Gasteiger partial charge in [0.1, 0.15) is 0 Å². The van der Waals surface area contributed by atoms with Gasteiger partial charge in [-0.25, -0.2) is 4.39 Å². The summed E-state index contributed by atoms with van der Waals surface area (Å²) in [5.41, 5.74) is 4.54. The molecule has 0 saturated carbocycles. The van der Waals surface area contributed by atoms with Gasteiger partial charge in [0.2, 0.25) is 0 Å². The third-order valence-electron chi connectivity index (χ3n) is 3.63. The van der Waals surface area contributed by atoms with E-state index in [1.807, 2.05) is 58.0 Å². The van der Waals surface area contributed by atoms with Crippen molar-refractivity contribution in [3.63, 3.8) is 0 Å². The molecule has 0 saturated heterocycles. The minimum atomic E-state index is -0.243. The second-order valence-corrected chi connectivity index (χ2v) is 5.08. The first-order valence-corrected chi connectivity index (χ1v) is 7.35. The third-order valence-corrected chi connectivity index (χ3v) is 3.63. The highest BCUT2D eigenvalue weighted by Crippen LogP contribution is 2.34. The van der Waals surface area contributed by atoms with E-state index in [-0.39, 0.29) is 5.82 Å². The van der Waals surface area contributed by atoms with E-state index < -0.39 is 0 Å². The number of hydrogen-bond donors (Lipinski definition) is 1. The quantitative estimate of drug-likeness (QED) is 0.821. The Hall–Kier alpha value is -2.03. The van der Waals surface area contributed by atoms with Crippen LogP contribution in [-0.2, 0) is 6.42 Å². The van der Waals surface area contributed by atoms with E-state index in [1.165, 1.54) is 0 Å². The van der Waals surface area contributed by atoms with Crippen molar-refractivity contribution in [1.82, 2.24) is 0 Å². The molecule has 21 heavy (non-hydrogen) atoms. The van der Waals surface area contributed by atoms with Crippen LogP contribution >= 0.6 is 0 Å². The predicted molar refractivity (Wildman–Crippen MR) is 86.1 cm³/mol. The van der Waals surface area contributed by atoms with Crippen LogP contribution in [0.2, 0.25) is 0 Å². The summed E-state index contributed by atoms with van der Waals surface area (Å²) in [4.78, 5) is 0. The molecule has 0 aliphatic rings. The first-order valence-electron chi connectivity index (χ1n) is 7.35. The molecule has 0 fully saturated rings. The number of anilines is 2. The van der Waals surface area contributed by atoms with Gasteiger partial charge < -0.3 is 10.1 Å². The van der Waals surface area contributed by atoms with Crippen LogP contribution in [0.4, 0.5) is 15.8 Å². The molecule has 3 heteroatoms. The Morgan fingerprint density at radius 3 is 2.43 bits per heavy atom. The largest absolute Gasteiger partial charge is 0.490 e. The lowest BCUT2D eigenvalue weighted by Gasteiger charge is -2.18. The van der Waals surface area contributed by atoms with Crippen LogP contribution in [-0.4, -0.2) is 6.61 Å². The van der Waals surface area contributed by atoms with Crippen molar-refractivity contribution in [2.24, 2.45) is 0 Å². The molecule has 0 spiro atoms. The molecule has 0 aromatic heterocycles. The summed E-state index contributed by atoms with van der Waals surface area (Å²) in [6.07, 6.45) is 0.634. The van der Waals surface area contributed by atoms with Crippen molar-refractivity contribution in [3.05, 3.63) is 52.8 Å². The van der Waals surface area contributed by atoms with Crippen molar-refractivity contribution in [1.29, 1.82) is 0 Å². The fraction of sp³-hybridized carbons (Fsp3) is 0.333. The summed E-state index contributed by atoms with van der Waals surface area (Å²) in [6, 6.07) is 9.93. The summed E-state index contributed by atoms with van der Waals surface area (Å²) >= 11 is 0. The predicted octanol–water partition coefficient (Wildman–Crippen LogP) is 5.15. The lowest BCUT2D eigenvalue weighted by molar-refractivity contribution is 0.318. The zero-order valence-electron chi connectivity index (χ0n) is 13.1. The van der Waals surface area contributed by atoms with E-state index in [0.717, 1.165) is 22.5 Å². The first-order chi connectivity index (χ1) is 10.1. The number of rotatable bonds is 5. The number of hydrogen-bond acceptors (Lipinski definition) is 2. The Balaban J connectivity index is 2.48. The van der Waals surface area contributed by atoms with Crippen LogP contribution in [0.25, 0.3) is 0 Å². The van der Waals surface area contributed by atoms with Crippen LogP contribution in [0.15, 0.2) is 30.3 Å². The molecule has 0 atom stereocenters. The minimum Gasteiger partial charge on any atom is -0.490 e. The fourth-order valence-electron chi connectivity index (χ4n) is 2.34. The van der Waals surface area contributed by atoms with E-state index in [9.17, 15) is 4.39 Å². The molecule has 2 rings (SSSR count). The van der Waals surface area contributed by atoms with Gasteiger partial charge in [-0.05, 0) is 50.5 Å². The smallest absolute Gasteiger partial charge is 0.168 e. The maximum absolute atomic E-state index is 14.4. The summed E-state index contributed by atoms with van der Waals surface area (Å²) in [5, 5.41) is 3.39. The highest BCUT2D eigenvalue weighted by Gasteiger charge is 2.16. The fourth-order valence-corrected chi connectivity index (χ4v) is 2.34. The number of ether oxygens (including phenoxy) is 1. The molecule has 112 valence electrons. The van der Waals surface area contributed by atoms with Crippen LogP contribution in [0.3, 0.4) is 0 Å². The van der Waals surface area contributed by atoms with E-state index in [0.29, 0.717) is 24.3 Å². The van der Waals surface area contributed by atoms with Gasteiger partial charge >= 0.3 is 0 Å². The molecule has 0 radical (unpaired) electrons. The molecule has 2 aromatic carbocycles. The molecule has 2 aromatic rings. The SMILES string of the molecule is CCOc1c(C)c(Nc2ccccc2C)cc(CC)c1F. The van der Waals surface area contributed by atoms with Gasteiger partial charge in [0.25, 0.3) is 0 Å². The topological polar surface area (TPSA) is 21.3 Å². The number of benzene rings is 2. The summed E-state index contributed by atoms with van der Waals surface area (Å²) in [7, 11) is 0. The van der Waals surface area contributed by atoms with Crippen molar-refractivity contribution in [2.45, 2.75) is 34.1 Å². The molecule has 0 heterocycles. The summed E-state index contributed by atoms with van der Waals surface area (Å²) in [5.74, 6) is 0.111. The van der Waals surface area contributed by atoms with Gasteiger partial charge in [0.15, 0.2) is 11.6 Å².